The Labute approximate surface area is 261 Å². The maximum Gasteiger partial charge on any atom is 0.247 e. The van der Waals surface area contributed by atoms with E-state index in [4.69, 9.17) is 23.7 Å². The highest BCUT2D eigenvalue weighted by molar-refractivity contribution is 5.97. The van der Waals surface area contributed by atoms with Gasteiger partial charge in [-0.25, -0.2) is 8.78 Å². The topological polar surface area (TPSA) is 197 Å². The van der Waals surface area contributed by atoms with E-state index in [1.54, 1.807) is 6.92 Å². The highest BCUT2D eigenvalue weighted by Gasteiger charge is 2.53. The average Bonchev–Trinajstić information content (AvgIpc) is 3.62. The average molecular weight is 652 g/mol. The Kier molecular flexibility index (Phi) is 10.2. The highest BCUT2D eigenvalue weighted by Crippen LogP contribution is 2.34. The molecule has 0 aromatic heterocycles. The Morgan fingerprint density at radius 3 is 2.30 bits per heavy atom. The number of carbonyl (C=O) groups excluding carboxylic acids is 1. The number of benzene rings is 2. The Balaban J connectivity index is 1.19. The number of phenolic OH excluding ortho intramolecular Hbond substituents is 1. The van der Waals surface area contributed by atoms with Crippen LogP contribution in [-0.2, 0) is 19.0 Å². The molecule has 2 aromatic rings. The fourth-order valence-corrected chi connectivity index (χ4v) is 5.50. The van der Waals surface area contributed by atoms with E-state index >= 15 is 0 Å². The van der Waals surface area contributed by atoms with E-state index in [0.717, 1.165) is 12.1 Å². The molecule has 13 nitrogen and oxygen atoms in total. The van der Waals surface area contributed by atoms with Crippen LogP contribution in [0.4, 0.5) is 8.78 Å². The maximum absolute atomic E-state index is 13.8. The molecule has 2 aromatic carbocycles. The number of hydrogen-bond donors (Lipinski definition) is 7. The molecule has 7 N–H and O–H groups in total. The molecule has 250 valence electrons. The van der Waals surface area contributed by atoms with Gasteiger partial charge in [0.1, 0.15) is 62.2 Å². The second kappa shape index (κ2) is 14.0. The van der Waals surface area contributed by atoms with Crippen molar-refractivity contribution in [2.24, 2.45) is 0 Å². The first kappa shape index (κ1) is 33.7. The standard InChI is InChI=1S/C31H35F2NO12/c1-13(8-9-42-27-16(32)4-3-5-17(27)33)26-24(39)25(40)31(46-26)45-19-7-6-15(11-18(19)35)10-14(2)30(41)34-20-21(36)23(38)29-28(22(20)37)43-12-44-29/h3-8,10-11,20-26,28-29,31,35-40H,9,12H2,1-2H3,(H,34,41)/t20-,21+,22-,23-,24+,25+,26-,28+,29-,31-/m1/s1. The highest BCUT2D eigenvalue weighted by atomic mass is 19.1. The van der Waals surface area contributed by atoms with Gasteiger partial charge in [-0.15, -0.1) is 0 Å². The number of aromatic hydroxyl groups is 1. The normalized spacial score (nSPS) is 33.1. The first-order valence-electron chi connectivity index (χ1n) is 14.4. The number of amides is 1. The van der Waals surface area contributed by atoms with E-state index < -0.39 is 84.5 Å². The number of aliphatic hydroxyl groups excluding tert-OH is 5. The summed E-state index contributed by atoms with van der Waals surface area (Å²) in [5.74, 6) is -3.46. The Morgan fingerprint density at radius 1 is 0.957 bits per heavy atom. The quantitative estimate of drug-likeness (QED) is 0.144. The van der Waals surface area contributed by atoms with Crippen molar-refractivity contribution in [1.29, 1.82) is 0 Å². The minimum absolute atomic E-state index is 0.105. The molecule has 5 rings (SSSR count). The number of nitrogens with one attached hydrogen (secondary N) is 1. The predicted octanol–water partition coefficient (Wildman–Crippen LogP) is 0.247. The van der Waals surface area contributed by atoms with Crippen LogP contribution in [0.5, 0.6) is 17.2 Å². The Hall–Kier alpha value is -3.67. The minimum Gasteiger partial charge on any atom is -0.504 e. The van der Waals surface area contributed by atoms with Crippen molar-refractivity contribution in [3.63, 3.8) is 0 Å². The van der Waals surface area contributed by atoms with Crippen molar-refractivity contribution in [3.05, 3.63) is 70.8 Å². The molecule has 2 aliphatic heterocycles. The minimum atomic E-state index is -1.52. The molecular formula is C31H35F2NO12. The van der Waals surface area contributed by atoms with Crippen molar-refractivity contribution in [2.45, 2.75) is 75.0 Å². The first-order chi connectivity index (χ1) is 21.9. The van der Waals surface area contributed by atoms with Crippen LogP contribution >= 0.6 is 0 Å². The van der Waals surface area contributed by atoms with Crippen LogP contribution in [0.1, 0.15) is 19.4 Å². The first-order valence-corrected chi connectivity index (χ1v) is 14.4. The van der Waals surface area contributed by atoms with Gasteiger partial charge in [-0.2, -0.15) is 0 Å². The number of phenols is 1. The molecule has 46 heavy (non-hydrogen) atoms. The molecule has 3 aliphatic rings. The van der Waals surface area contributed by atoms with Crippen LogP contribution in [0.15, 0.2) is 53.6 Å². The van der Waals surface area contributed by atoms with Gasteiger partial charge in [0.25, 0.3) is 0 Å². The van der Waals surface area contributed by atoms with Crippen molar-refractivity contribution in [1.82, 2.24) is 5.32 Å². The van der Waals surface area contributed by atoms with E-state index in [9.17, 15) is 44.2 Å². The molecule has 2 heterocycles. The van der Waals surface area contributed by atoms with E-state index in [-0.39, 0.29) is 30.5 Å². The van der Waals surface area contributed by atoms with Crippen molar-refractivity contribution in [2.75, 3.05) is 13.4 Å². The molecular weight excluding hydrogens is 616 g/mol. The summed E-state index contributed by atoms with van der Waals surface area (Å²) in [4.78, 5) is 12.9. The van der Waals surface area contributed by atoms with Gasteiger partial charge in [0.05, 0.1) is 6.04 Å². The van der Waals surface area contributed by atoms with Gasteiger partial charge in [0.15, 0.2) is 28.9 Å². The summed E-state index contributed by atoms with van der Waals surface area (Å²) < 4.78 is 54.5. The van der Waals surface area contributed by atoms with Gasteiger partial charge in [0.2, 0.25) is 12.2 Å². The summed E-state index contributed by atoms with van der Waals surface area (Å²) in [5.41, 5.74) is 0.891. The lowest BCUT2D eigenvalue weighted by Gasteiger charge is -2.41. The smallest absolute Gasteiger partial charge is 0.247 e. The van der Waals surface area contributed by atoms with Gasteiger partial charge in [-0.3, -0.25) is 4.79 Å². The summed E-state index contributed by atoms with van der Waals surface area (Å²) in [6, 6.07) is 6.17. The molecule has 0 radical (unpaired) electrons. The van der Waals surface area contributed by atoms with E-state index in [0.29, 0.717) is 11.1 Å². The van der Waals surface area contributed by atoms with Crippen LogP contribution in [0.25, 0.3) is 6.08 Å². The molecule has 1 saturated carbocycles. The number of rotatable bonds is 9. The lowest BCUT2D eigenvalue weighted by atomic mass is 9.83. The van der Waals surface area contributed by atoms with Crippen molar-refractivity contribution < 1.29 is 67.9 Å². The third-order valence-electron chi connectivity index (χ3n) is 8.09. The summed E-state index contributed by atoms with van der Waals surface area (Å²) in [5, 5.41) is 65.5. The molecule has 1 aliphatic carbocycles. The lowest BCUT2D eigenvalue weighted by molar-refractivity contribution is -0.155. The fourth-order valence-electron chi connectivity index (χ4n) is 5.50. The third kappa shape index (κ3) is 6.86. The predicted molar refractivity (Wildman–Crippen MR) is 153 cm³/mol. The van der Waals surface area contributed by atoms with Crippen LogP contribution in [0.3, 0.4) is 0 Å². The SMILES string of the molecule is CC(=Cc1ccc(O[C@@H]2O[C@H](C(C)=CCOc3c(F)cccc3F)[C@@H](O)[C@@H]2O)c(O)c1)C(=O)N[C@@H]1[C@H](O)[C@@H](O)[C@H]2OCO[C@H]2[C@@H]1O. The van der Waals surface area contributed by atoms with Gasteiger partial charge in [0, 0.05) is 5.57 Å². The van der Waals surface area contributed by atoms with Crippen LogP contribution in [-0.4, -0.2) is 111 Å². The van der Waals surface area contributed by atoms with Gasteiger partial charge in [-0.1, -0.05) is 12.1 Å². The van der Waals surface area contributed by atoms with Crippen LogP contribution in [0.2, 0.25) is 0 Å². The molecule has 2 saturated heterocycles. The number of hydrogen-bond acceptors (Lipinski definition) is 12. The fraction of sp³-hybridized carbons (Fsp3) is 0.452. The van der Waals surface area contributed by atoms with E-state index in [2.05, 4.69) is 5.32 Å². The second-order valence-corrected chi connectivity index (χ2v) is 11.2. The number of halogens is 2. The largest absolute Gasteiger partial charge is 0.504 e. The van der Waals surface area contributed by atoms with Gasteiger partial charge < -0.3 is 59.6 Å². The summed E-state index contributed by atoms with van der Waals surface area (Å²) in [6.07, 6.45) is -8.67. The zero-order chi connectivity index (χ0) is 33.3. The maximum atomic E-state index is 13.8. The molecule has 0 bridgehead atoms. The lowest BCUT2D eigenvalue weighted by Crippen LogP contribution is -2.67. The number of fused-ring (bicyclic) bond motifs is 1. The van der Waals surface area contributed by atoms with Gasteiger partial charge >= 0.3 is 0 Å². The van der Waals surface area contributed by atoms with E-state index in [1.165, 1.54) is 43.3 Å². The van der Waals surface area contributed by atoms with Crippen molar-refractivity contribution >= 4 is 12.0 Å². The Morgan fingerprint density at radius 2 is 1.63 bits per heavy atom. The zero-order valence-electron chi connectivity index (χ0n) is 24.7. The summed E-state index contributed by atoms with van der Waals surface area (Å²) in [7, 11) is 0. The number of ether oxygens (including phenoxy) is 5. The number of para-hydroxylation sites is 1. The molecule has 3 fully saturated rings. The van der Waals surface area contributed by atoms with Gasteiger partial charge in [-0.05, 0) is 61.4 Å². The molecule has 0 spiro atoms. The molecule has 15 heteroatoms. The molecule has 10 atom stereocenters. The number of aliphatic hydroxyl groups is 5. The van der Waals surface area contributed by atoms with Crippen molar-refractivity contribution in [3.8, 4) is 17.2 Å². The van der Waals surface area contributed by atoms with Crippen LogP contribution in [0, 0.1) is 11.6 Å². The summed E-state index contributed by atoms with van der Waals surface area (Å²) in [6.45, 7) is 2.61. The monoisotopic (exact) mass is 651 g/mol. The molecule has 1 amide bonds. The number of carbonyl (C=O) groups is 1. The van der Waals surface area contributed by atoms with E-state index in [1.807, 2.05) is 0 Å². The Bertz CT molecular complexity index is 1470. The van der Waals surface area contributed by atoms with Crippen LogP contribution < -0.4 is 14.8 Å². The summed E-state index contributed by atoms with van der Waals surface area (Å²) >= 11 is 0. The zero-order valence-corrected chi connectivity index (χ0v) is 24.7. The third-order valence-corrected chi connectivity index (χ3v) is 8.09. The second-order valence-electron chi connectivity index (χ2n) is 11.2. The molecule has 0 unspecified atom stereocenters.